The summed E-state index contributed by atoms with van der Waals surface area (Å²) in [6, 6.07) is 13.6. The second-order valence-electron chi connectivity index (χ2n) is 8.70. The number of aliphatic hydroxyl groups excluding tert-OH is 1. The Kier molecular flexibility index (Phi) is 5.57. The second-order valence-corrected chi connectivity index (χ2v) is 8.70. The molecule has 2 fully saturated rings. The van der Waals surface area contributed by atoms with Crippen LogP contribution in [0.4, 0.5) is 10.2 Å². The molecule has 7 heteroatoms. The van der Waals surface area contributed by atoms with Crippen molar-refractivity contribution in [2.24, 2.45) is 11.8 Å². The molecule has 1 aliphatic heterocycles. The summed E-state index contributed by atoms with van der Waals surface area (Å²) in [4.78, 5) is 23.5. The molecule has 0 spiro atoms. The average molecular weight is 432 g/mol. The summed E-state index contributed by atoms with van der Waals surface area (Å²) in [5.74, 6) is 0.982. The number of carbonyl (C=O) groups excluding carboxylic acids is 1. The molecule has 1 saturated heterocycles. The van der Waals surface area contributed by atoms with E-state index in [1.807, 2.05) is 29.2 Å². The molecule has 1 aliphatic carbocycles. The Morgan fingerprint density at radius 3 is 2.56 bits per heavy atom. The van der Waals surface area contributed by atoms with Crippen LogP contribution in [-0.4, -0.2) is 51.1 Å². The van der Waals surface area contributed by atoms with Crippen molar-refractivity contribution >= 4 is 11.7 Å². The molecule has 1 amide bonds. The quantitative estimate of drug-likeness (QED) is 0.659. The van der Waals surface area contributed by atoms with Crippen LogP contribution >= 0.6 is 0 Å². The Morgan fingerprint density at radius 2 is 1.81 bits per heavy atom. The van der Waals surface area contributed by atoms with Crippen molar-refractivity contribution in [1.29, 1.82) is 0 Å². The minimum atomic E-state index is -0.491. The van der Waals surface area contributed by atoms with Crippen LogP contribution in [0.2, 0.25) is 0 Å². The lowest BCUT2D eigenvalue weighted by molar-refractivity contribution is 0.0727. The normalized spacial score (nSPS) is 24.8. The lowest BCUT2D eigenvalue weighted by Gasteiger charge is -2.35. The number of halogens is 1. The van der Waals surface area contributed by atoms with Gasteiger partial charge in [-0.15, -0.1) is 0 Å². The van der Waals surface area contributed by atoms with E-state index in [2.05, 4.69) is 15.3 Å². The highest BCUT2D eigenvalue weighted by atomic mass is 19.1. The number of aliphatic hydroxyl groups is 1. The predicted octanol–water partition coefficient (Wildman–Crippen LogP) is 3.61. The van der Waals surface area contributed by atoms with Gasteiger partial charge in [0.05, 0.1) is 18.3 Å². The van der Waals surface area contributed by atoms with Gasteiger partial charge in [0.2, 0.25) is 0 Å². The summed E-state index contributed by atoms with van der Waals surface area (Å²) < 4.78 is 13.2. The fourth-order valence-electron chi connectivity index (χ4n) is 4.97. The summed E-state index contributed by atoms with van der Waals surface area (Å²) in [6.45, 7) is 1.33. The number of aromatic nitrogens is 2. The van der Waals surface area contributed by atoms with E-state index in [1.54, 1.807) is 30.7 Å². The maximum absolute atomic E-state index is 13.3. The summed E-state index contributed by atoms with van der Waals surface area (Å²) in [5, 5.41) is 14.0. The number of likely N-dealkylation sites (tertiary alicyclic amines) is 1. The fourth-order valence-corrected chi connectivity index (χ4v) is 4.97. The summed E-state index contributed by atoms with van der Waals surface area (Å²) in [5.41, 5.74) is 2.38. The maximum Gasteiger partial charge on any atom is 0.253 e. The number of nitrogens with zero attached hydrogens (tertiary/aromatic N) is 3. The van der Waals surface area contributed by atoms with Crippen molar-refractivity contribution < 1.29 is 14.3 Å². The number of carbonyl (C=O) groups is 1. The molecule has 2 heterocycles. The van der Waals surface area contributed by atoms with Gasteiger partial charge in [-0.3, -0.25) is 9.78 Å². The molecule has 0 bridgehead atoms. The summed E-state index contributed by atoms with van der Waals surface area (Å²) in [6.07, 6.45) is 5.83. The smallest absolute Gasteiger partial charge is 0.253 e. The highest BCUT2D eigenvalue weighted by molar-refractivity contribution is 5.95. The topological polar surface area (TPSA) is 78.4 Å². The van der Waals surface area contributed by atoms with Crippen molar-refractivity contribution in [3.63, 3.8) is 0 Å². The first-order chi connectivity index (χ1) is 15.6. The van der Waals surface area contributed by atoms with Crippen LogP contribution in [0.1, 0.15) is 23.2 Å². The van der Waals surface area contributed by atoms with E-state index in [-0.39, 0.29) is 23.7 Å². The zero-order chi connectivity index (χ0) is 22.1. The number of hydrogen-bond acceptors (Lipinski definition) is 5. The Balaban J connectivity index is 1.28. The number of benzene rings is 2. The van der Waals surface area contributed by atoms with Gasteiger partial charge in [-0.2, -0.15) is 0 Å². The summed E-state index contributed by atoms with van der Waals surface area (Å²) in [7, 11) is 0. The van der Waals surface area contributed by atoms with Crippen molar-refractivity contribution in [1.82, 2.24) is 14.9 Å². The molecular formula is C25H25FN4O2. The number of hydrogen-bond donors (Lipinski definition) is 2. The zero-order valence-electron chi connectivity index (χ0n) is 17.6. The highest BCUT2D eigenvalue weighted by Crippen LogP contribution is 2.38. The Hall–Kier alpha value is -3.32. The third kappa shape index (κ3) is 4.21. The van der Waals surface area contributed by atoms with Crippen molar-refractivity contribution in [3.05, 3.63) is 78.5 Å². The van der Waals surface area contributed by atoms with Crippen LogP contribution in [0, 0.1) is 17.7 Å². The molecule has 3 aromatic rings. The van der Waals surface area contributed by atoms with E-state index in [9.17, 15) is 14.3 Å². The molecular weight excluding hydrogens is 407 g/mol. The van der Waals surface area contributed by atoms with Gasteiger partial charge < -0.3 is 15.3 Å². The van der Waals surface area contributed by atoms with Crippen molar-refractivity contribution in [2.45, 2.75) is 25.0 Å². The van der Waals surface area contributed by atoms with Crippen LogP contribution in [0.25, 0.3) is 11.1 Å². The molecule has 1 aromatic heterocycles. The van der Waals surface area contributed by atoms with Gasteiger partial charge in [0.15, 0.2) is 0 Å². The number of nitrogens with one attached hydrogen (secondary N) is 1. The largest absolute Gasteiger partial charge is 0.391 e. The monoisotopic (exact) mass is 432 g/mol. The van der Waals surface area contributed by atoms with E-state index >= 15 is 0 Å². The number of rotatable bonds is 4. The van der Waals surface area contributed by atoms with Gasteiger partial charge in [-0.25, -0.2) is 9.37 Å². The van der Waals surface area contributed by atoms with Crippen LogP contribution in [0.3, 0.4) is 0 Å². The zero-order valence-corrected chi connectivity index (χ0v) is 17.6. The third-order valence-electron chi connectivity index (χ3n) is 6.61. The fraction of sp³-hybridized carbons (Fsp3) is 0.320. The standard InChI is InChI=1S/C25H25FN4O2/c26-21-6-4-16(5-7-21)17-2-1-3-18(10-17)25(32)30-14-19-11-22(23(31)12-20(19)15-30)29-24-13-27-8-9-28-24/h1-10,13,19-20,22-23,31H,11-12,14-15H2,(H,28,29)/t19-,20+,22-,23-/m1/s1. The molecule has 0 unspecified atom stereocenters. The SMILES string of the molecule is O=C(c1cccc(-c2ccc(F)cc2)c1)N1C[C@H]2C[C@@H](Nc3cnccn3)[C@H](O)C[C@H]2C1. The molecule has 32 heavy (non-hydrogen) atoms. The average Bonchev–Trinajstić information content (AvgIpc) is 3.23. The van der Waals surface area contributed by atoms with E-state index in [4.69, 9.17) is 0 Å². The lowest BCUT2D eigenvalue weighted by atomic mass is 9.77. The highest BCUT2D eigenvalue weighted by Gasteiger charge is 2.43. The first-order valence-corrected chi connectivity index (χ1v) is 10.9. The molecule has 164 valence electrons. The second kappa shape index (κ2) is 8.67. The Morgan fingerprint density at radius 1 is 1.03 bits per heavy atom. The first kappa shape index (κ1) is 20.6. The maximum atomic E-state index is 13.3. The van der Waals surface area contributed by atoms with Crippen molar-refractivity contribution in [2.75, 3.05) is 18.4 Å². The first-order valence-electron chi connectivity index (χ1n) is 10.9. The minimum Gasteiger partial charge on any atom is -0.391 e. The Bertz CT molecular complexity index is 1090. The van der Waals surface area contributed by atoms with Gasteiger partial charge in [-0.1, -0.05) is 24.3 Å². The molecule has 2 aromatic carbocycles. The third-order valence-corrected chi connectivity index (χ3v) is 6.61. The molecule has 2 aliphatic rings. The lowest BCUT2D eigenvalue weighted by Crippen LogP contribution is -2.43. The van der Waals surface area contributed by atoms with Crippen LogP contribution in [0.5, 0.6) is 0 Å². The van der Waals surface area contributed by atoms with Crippen molar-refractivity contribution in [3.8, 4) is 11.1 Å². The van der Waals surface area contributed by atoms with Gasteiger partial charge in [-0.05, 0) is 60.1 Å². The van der Waals surface area contributed by atoms with Crippen LogP contribution in [-0.2, 0) is 0 Å². The number of amides is 1. The number of anilines is 1. The molecule has 2 N–H and O–H groups in total. The summed E-state index contributed by atoms with van der Waals surface area (Å²) >= 11 is 0. The van der Waals surface area contributed by atoms with E-state index in [0.29, 0.717) is 36.8 Å². The predicted molar refractivity (Wildman–Crippen MR) is 119 cm³/mol. The van der Waals surface area contributed by atoms with Gasteiger partial charge >= 0.3 is 0 Å². The molecule has 1 saturated carbocycles. The van der Waals surface area contributed by atoms with E-state index < -0.39 is 6.10 Å². The molecule has 6 nitrogen and oxygen atoms in total. The van der Waals surface area contributed by atoms with Crippen LogP contribution in [0.15, 0.2) is 67.1 Å². The van der Waals surface area contributed by atoms with Gasteiger partial charge in [0.1, 0.15) is 11.6 Å². The van der Waals surface area contributed by atoms with Gasteiger partial charge in [0.25, 0.3) is 5.91 Å². The molecule has 5 rings (SSSR count). The molecule has 0 radical (unpaired) electrons. The van der Waals surface area contributed by atoms with E-state index in [1.165, 1.54) is 12.1 Å². The van der Waals surface area contributed by atoms with Gasteiger partial charge in [0, 0.05) is 31.0 Å². The van der Waals surface area contributed by atoms with E-state index in [0.717, 1.165) is 17.5 Å². The van der Waals surface area contributed by atoms with Crippen LogP contribution < -0.4 is 5.32 Å². The Labute approximate surface area is 186 Å². The number of fused-ring (bicyclic) bond motifs is 1. The minimum absolute atomic E-state index is 0.00344. The molecule has 4 atom stereocenters.